The molecule has 0 radical (unpaired) electrons. The van der Waals surface area contributed by atoms with Gasteiger partial charge in [-0.15, -0.1) is 0 Å². The summed E-state index contributed by atoms with van der Waals surface area (Å²) in [5.74, 6) is -0.0782. The standard InChI is InChI=1S/C16H31N3O2/c1-4-21-16(20)15(17-13-7-8-13)9-11-19-10-5-6-14(12-19)18(2)3/h13-15,17H,4-12H2,1-3H3. The number of hydrogen-bond acceptors (Lipinski definition) is 5. The molecule has 2 atom stereocenters. The Balaban J connectivity index is 1.78. The van der Waals surface area contributed by atoms with Crippen LogP contribution in [0.25, 0.3) is 0 Å². The molecular formula is C16H31N3O2. The number of carbonyl (C=O) groups excluding carboxylic acids is 1. The van der Waals surface area contributed by atoms with E-state index in [0.717, 1.165) is 26.1 Å². The normalized spacial score (nSPS) is 25.0. The minimum atomic E-state index is -0.128. The highest BCUT2D eigenvalue weighted by Gasteiger charge is 2.30. The van der Waals surface area contributed by atoms with E-state index in [1.807, 2.05) is 6.92 Å². The summed E-state index contributed by atoms with van der Waals surface area (Å²) in [7, 11) is 4.31. The van der Waals surface area contributed by atoms with Gasteiger partial charge in [0.05, 0.1) is 6.61 Å². The van der Waals surface area contributed by atoms with Crippen LogP contribution >= 0.6 is 0 Å². The molecule has 2 unspecified atom stereocenters. The molecular weight excluding hydrogens is 266 g/mol. The quantitative estimate of drug-likeness (QED) is 0.679. The van der Waals surface area contributed by atoms with Gasteiger partial charge in [0.15, 0.2) is 0 Å². The lowest BCUT2D eigenvalue weighted by molar-refractivity contribution is -0.146. The number of likely N-dealkylation sites (N-methyl/N-ethyl adjacent to an activating group) is 1. The summed E-state index contributed by atoms with van der Waals surface area (Å²) < 4.78 is 5.20. The molecule has 1 aliphatic heterocycles. The van der Waals surface area contributed by atoms with Crippen LogP contribution in [0.3, 0.4) is 0 Å². The fourth-order valence-corrected chi connectivity index (χ4v) is 3.01. The van der Waals surface area contributed by atoms with E-state index in [9.17, 15) is 4.79 Å². The Labute approximate surface area is 129 Å². The van der Waals surface area contributed by atoms with Crippen LogP contribution in [0.4, 0.5) is 0 Å². The lowest BCUT2D eigenvalue weighted by atomic mass is 10.0. The highest BCUT2D eigenvalue weighted by Crippen LogP contribution is 2.21. The Morgan fingerprint density at radius 3 is 2.76 bits per heavy atom. The fourth-order valence-electron chi connectivity index (χ4n) is 3.01. The highest BCUT2D eigenvalue weighted by atomic mass is 16.5. The molecule has 1 saturated heterocycles. The molecule has 1 heterocycles. The maximum absolute atomic E-state index is 12.0. The zero-order valence-corrected chi connectivity index (χ0v) is 13.8. The Kier molecular flexibility index (Phi) is 6.45. The van der Waals surface area contributed by atoms with Gasteiger partial charge in [-0.3, -0.25) is 4.79 Å². The molecule has 0 amide bonds. The summed E-state index contributed by atoms with van der Waals surface area (Å²) in [5, 5.41) is 3.44. The van der Waals surface area contributed by atoms with Crippen LogP contribution in [0.15, 0.2) is 0 Å². The van der Waals surface area contributed by atoms with E-state index < -0.39 is 0 Å². The fraction of sp³-hybridized carbons (Fsp3) is 0.938. The maximum atomic E-state index is 12.0. The van der Waals surface area contributed by atoms with Crippen molar-refractivity contribution < 1.29 is 9.53 Å². The summed E-state index contributed by atoms with van der Waals surface area (Å²) in [6, 6.07) is 1.06. The van der Waals surface area contributed by atoms with Crippen molar-refractivity contribution in [1.82, 2.24) is 15.1 Å². The first kappa shape index (κ1) is 16.7. The smallest absolute Gasteiger partial charge is 0.323 e. The molecule has 1 saturated carbocycles. The minimum absolute atomic E-state index is 0.0782. The molecule has 5 heteroatoms. The van der Waals surface area contributed by atoms with Crippen LogP contribution in [0, 0.1) is 0 Å². The van der Waals surface area contributed by atoms with Crippen molar-refractivity contribution in [2.24, 2.45) is 0 Å². The van der Waals surface area contributed by atoms with Crippen LogP contribution in [0.5, 0.6) is 0 Å². The molecule has 0 aromatic heterocycles. The Morgan fingerprint density at radius 2 is 2.14 bits per heavy atom. The van der Waals surface area contributed by atoms with Gasteiger partial charge in [-0.25, -0.2) is 0 Å². The van der Waals surface area contributed by atoms with Crippen LogP contribution in [-0.2, 0) is 9.53 Å². The second kappa shape index (κ2) is 8.11. The summed E-state index contributed by atoms with van der Waals surface area (Å²) in [6.45, 7) is 5.59. The number of nitrogens with zero attached hydrogens (tertiary/aromatic N) is 2. The number of piperidine rings is 1. The minimum Gasteiger partial charge on any atom is -0.465 e. The largest absolute Gasteiger partial charge is 0.465 e. The van der Waals surface area contributed by atoms with E-state index in [1.165, 1.54) is 25.7 Å². The molecule has 5 nitrogen and oxygen atoms in total. The van der Waals surface area contributed by atoms with E-state index in [2.05, 4.69) is 29.2 Å². The predicted molar refractivity (Wildman–Crippen MR) is 84.3 cm³/mol. The first-order valence-electron chi connectivity index (χ1n) is 8.41. The number of ether oxygens (including phenoxy) is 1. The van der Waals surface area contributed by atoms with Crippen molar-refractivity contribution in [2.45, 2.75) is 57.2 Å². The Morgan fingerprint density at radius 1 is 1.38 bits per heavy atom. The van der Waals surface area contributed by atoms with Gasteiger partial charge < -0.3 is 19.9 Å². The number of esters is 1. The van der Waals surface area contributed by atoms with Gasteiger partial charge in [-0.1, -0.05) is 0 Å². The van der Waals surface area contributed by atoms with Crippen molar-refractivity contribution in [3.05, 3.63) is 0 Å². The molecule has 1 N–H and O–H groups in total. The zero-order chi connectivity index (χ0) is 15.2. The average molecular weight is 297 g/mol. The summed E-state index contributed by atoms with van der Waals surface area (Å²) >= 11 is 0. The molecule has 0 bridgehead atoms. The predicted octanol–water partition coefficient (Wildman–Crippen LogP) is 1.09. The molecule has 1 aliphatic carbocycles. The third-order valence-electron chi connectivity index (χ3n) is 4.53. The molecule has 21 heavy (non-hydrogen) atoms. The van der Waals surface area contributed by atoms with E-state index >= 15 is 0 Å². The SMILES string of the molecule is CCOC(=O)C(CCN1CCCC(N(C)C)C1)NC1CC1. The van der Waals surface area contributed by atoms with Gasteiger partial charge in [0.2, 0.25) is 0 Å². The first-order valence-corrected chi connectivity index (χ1v) is 8.41. The summed E-state index contributed by atoms with van der Waals surface area (Å²) in [5.41, 5.74) is 0. The van der Waals surface area contributed by atoms with E-state index in [4.69, 9.17) is 4.74 Å². The second-order valence-corrected chi connectivity index (χ2v) is 6.59. The molecule has 0 aromatic rings. The van der Waals surface area contributed by atoms with Crippen molar-refractivity contribution in [2.75, 3.05) is 40.3 Å². The number of carbonyl (C=O) groups is 1. The second-order valence-electron chi connectivity index (χ2n) is 6.59. The van der Waals surface area contributed by atoms with E-state index in [0.29, 0.717) is 18.7 Å². The summed E-state index contributed by atoms with van der Waals surface area (Å²) in [6.07, 6.45) is 5.79. The van der Waals surface area contributed by atoms with Gasteiger partial charge >= 0.3 is 5.97 Å². The zero-order valence-electron chi connectivity index (χ0n) is 13.8. The monoisotopic (exact) mass is 297 g/mol. The number of rotatable bonds is 8. The van der Waals surface area contributed by atoms with Gasteiger partial charge in [0.1, 0.15) is 6.04 Å². The van der Waals surface area contributed by atoms with E-state index in [1.54, 1.807) is 0 Å². The van der Waals surface area contributed by atoms with Crippen LogP contribution in [0.1, 0.15) is 39.0 Å². The molecule has 122 valence electrons. The first-order chi connectivity index (χ1) is 10.1. The molecule has 0 spiro atoms. The van der Waals surface area contributed by atoms with Gasteiger partial charge in [0.25, 0.3) is 0 Å². The maximum Gasteiger partial charge on any atom is 0.323 e. The number of likely N-dealkylation sites (tertiary alicyclic amines) is 1. The molecule has 2 fully saturated rings. The van der Waals surface area contributed by atoms with Gasteiger partial charge in [-0.2, -0.15) is 0 Å². The van der Waals surface area contributed by atoms with Crippen molar-refractivity contribution in [1.29, 1.82) is 0 Å². The van der Waals surface area contributed by atoms with E-state index in [-0.39, 0.29) is 12.0 Å². The van der Waals surface area contributed by atoms with Crippen LogP contribution in [-0.4, -0.2) is 74.2 Å². The van der Waals surface area contributed by atoms with Crippen LogP contribution in [0.2, 0.25) is 0 Å². The Bertz CT molecular complexity index is 331. The number of hydrogen-bond donors (Lipinski definition) is 1. The molecule has 2 aliphatic rings. The number of nitrogens with one attached hydrogen (secondary N) is 1. The van der Waals surface area contributed by atoms with Gasteiger partial charge in [-0.05, 0) is 59.7 Å². The summed E-state index contributed by atoms with van der Waals surface area (Å²) in [4.78, 5) is 16.9. The van der Waals surface area contributed by atoms with Crippen LogP contribution < -0.4 is 5.32 Å². The average Bonchev–Trinajstić information content (AvgIpc) is 3.28. The topological polar surface area (TPSA) is 44.8 Å². The highest BCUT2D eigenvalue weighted by molar-refractivity contribution is 5.75. The third-order valence-corrected chi connectivity index (χ3v) is 4.53. The Hall–Kier alpha value is -0.650. The molecule has 2 rings (SSSR count). The van der Waals surface area contributed by atoms with Crippen molar-refractivity contribution in [3.63, 3.8) is 0 Å². The lowest BCUT2D eigenvalue weighted by Crippen LogP contribution is -2.47. The third kappa shape index (κ3) is 5.57. The van der Waals surface area contributed by atoms with Gasteiger partial charge in [0, 0.05) is 25.2 Å². The van der Waals surface area contributed by atoms with Crippen molar-refractivity contribution in [3.8, 4) is 0 Å². The van der Waals surface area contributed by atoms with Crippen molar-refractivity contribution >= 4 is 5.97 Å². The molecule has 0 aromatic carbocycles. The lowest BCUT2D eigenvalue weighted by Gasteiger charge is -2.36.